The molecule has 2 heterocycles. The van der Waals surface area contributed by atoms with Crippen molar-refractivity contribution in [3.8, 4) is 0 Å². The molecule has 0 unspecified atom stereocenters. The Labute approximate surface area is 150 Å². The molecule has 3 rings (SSSR count). The highest BCUT2D eigenvalue weighted by atomic mass is 16.2. The number of fused-ring (bicyclic) bond motifs is 1. The first kappa shape index (κ1) is 17.9. The molecule has 1 saturated heterocycles. The second kappa shape index (κ2) is 8.00. The van der Waals surface area contributed by atoms with Gasteiger partial charge in [0, 0.05) is 38.3 Å². The summed E-state index contributed by atoms with van der Waals surface area (Å²) in [5.74, 6) is 0.136. The lowest BCUT2D eigenvalue weighted by molar-refractivity contribution is -0.135. The molecule has 5 heteroatoms. The van der Waals surface area contributed by atoms with Gasteiger partial charge in [-0.2, -0.15) is 0 Å². The average molecular weight is 343 g/mol. The Kier molecular flexibility index (Phi) is 5.74. The van der Waals surface area contributed by atoms with E-state index in [9.17, 15) is 9.59 Å². The van der Waals surface area contributed by atoms with Crippen molar-refractivity contribution >= 4 is 17.5 Å². The predicted octanol–water partition coefficient (Wildman–Crippen LogP) is 2.30. The number of carbonyl (C=O) groups excluding carboxylic acids is 2. The molecule has 25 heavy (non-hydrogen) atoms. The lowest BCUT2D eigenvalue weighted by Crippen LogP contribution is -2.55. The topological polar surface area (TPSA) is 43.9 Å². The number of hydrogen-bond acceptors (Lipinski definition) is 3. The quantitative estimate of drug-likeness (QED) is 0.843. The zero-order valence-electron chi connectivity index (χ0n) is 15.4. The summed E-state index contributed by atoms with van der Waals surface area (Å²) in [7, 11) is 0. The van der Waals surface area contributed by atoms with Crippen molar-refractivity contribution in [1.82, 2.24) is 9.80 Å². The maximum atomic E-state index is 13.0. The van der Waals surface area contributed by atoms with Crippen molar-refractivity contribution in [1.29, 1.82) is 0 Å². The summed E-state index contributed by atoms with van der Waals surface area (Å²) in [6, 6.07) is 7.56. The van der Waals surface area contributed by atoms with Gasteiger partial charge in [0.25, 0.3) is 0 Å². The first-order valence-corrected chi connectivity index (χ1v) is 9.53. The molecule has 0 saturated carbocycles. The molecule has 0 aliphatic carbocycles. The molecule has 2 amide bonds. The summed E-state index contributed by atoms with van der Waals surface area (Å²) in [6.45, 7) is 8.52. The Balaban J connectivity index is 1.74. The average Bonchev–Trinajstić information content (AvgIpc) is 2.79. The van der Waals surface area contributed by atoms with Crippen LogP contribution in [0, 0.1) is 0 Å². The molecule has 1 atom stereocenters. The number of carbonyl (C=O) groups is 2. The third kappa shape index (κ3) is 3.87. The SMILES string of the molecule is CCCN1CCN(C(=O)[C@@H](C)N2C(=O)CCCc3ccccc32)CC1. The third-order valence-electron chi connectivity index (χ3n) is 5.33. The summed E-state index contributed by atoms with van der Waals surface area (Å²) >= 11 is 0. The first-order valence-electron chi connectivity index (χ1n) is 9.53. The zero-order valence-corrected chi connectivity index (χ0v) is 15.4. The van der Waals surface area contributed by atoms with Crippen molar-refractivity contribution in [2.45, 2.75) is 45.6 Å². The number of nitrogens with zero attached hydrogens (tertiary/aromatic N) is 3. The predicted molar refractivity (Wildman–Crippen MR) is 99.6 cm³/mol. The van der Waals surface area contributed by atoms with Gasteiger partial charge in [0.05, 0.1) is 0 Å². The molecule has 0 aromatic heterocycles. The zero-order chi connectivity index (χ0) is 17.8. The standard InChI is InChI=1S/C20H29N3O2/c1-3-11-21-12-14-22(15-13-21)20(25)16(2)23-18-9-5-4-7-17(18)8-6-10-19(23)24/h4-5,7,9,16H,3,6,8,10-15H2,1-2H3/t16-/m1/s1. The second-order valence-corrected chi connectivity index (χ2v) is 7.09. The van der Waals surface area contributed by atoms with Crippen LogP contribution >= 0.6 is 0 Å². The number of para-hydroxylation sites is 1. The number of anilines is 1. The fraction of sp³-hybridized carbons (Fsp3) is 0.600. The van der Waals surface area contributed by atoms with E-state index in [4.69, 9.17) is 0 Å². The van der Waals surface area contributed by atoms with Crippen molar-refractivity contribution in [2.24, 2.45) is 0 Å². The lowest BCUT2D eigenvalue weighted by Gasteiger charge is -2.38. The number of benzene rings is 1. The van der Waals surface area contributed by atoms with Gasteiger partial charge < -0.3 is 4.90 Å². The minimum Gasteiger partial charge on any atom is -0.338 e. The van der Waals surface area contributed by atoms with Gasteiger partial charge in [-0.15, -0.1) is 0 Å². The fourth-order valence-corrected chi connectivity index (χ4v) is 3.95. The van der Waals surface area contributed by atoms with Gasteiger partial charge >= 0.3 is 0 Å². The molecule has 1 aromatic carbocycles. The maximum absolute atomic E-state index is 13.0. The Morgan fingerprint density at radius 3 is 2.56 bits per heavy atom. The van der Waals surface area contributed by atoms with E-state index in [1.165, 1.54) is 5.56 Å². The van der Waals surface area contributed by atoms with E-state index in [0.29, 0.717) is 6.42 Å². The Hall–Kier alpha value is -1.88. The normalized spacial score (nSPS) is 20.2. The minimum atomic E-state index is -0.440. The molecule has 2 aliphatic rings. The fourth-order valence-electron chi connectivity index (χ4n) is 3.95. The Morgan fingerprint density at radius 1 is 1.12 bits per heavy atom. The summed E-state index contributed by atoms with van der Waals surface area (Å²) in [5.41, 5.74) is 2.08. The Bertz CT molecular complexity index is 623. The van der Waals surface area contributed by atoms with Gasteiger partial charge in [-0.3, -0.25) is 19.4 Å². The number of hydrogen-bond donors (Lipinski definition) is 0. The van der Waals surface area contributed by atoms with Crippen molar-refractivity contribution in [3.05, 3.63) is 29.8 Å². The monoisotopic (exact) mass is 343 g/mol. The van der Waals surface area contributed by atoms with E-state index >= 15 is 0 Å². The van der Waals surface area contributed by atoms with Gasteiger partial charge in [-0.05, 0) is 44.4 Å². The molecule has 2 aliphatic heterocycles. The second-order valence-electron chi connectivity index (χ2n) is 7.09. The van der Waals surface area contributed by atoms with E-state index in [1.807, 2.05) is 30.0 Å². The number of piperazine rings is 1. The molecular formula is C20H29N3O2. The first-order chi connectivity index (χ1) is 12.1. The third-order valence-corrected chi connectivity index (χ3v) is 5.33. The molecule has 1 aromatic rings. The molecule has 1 fully saturated rings. The van der Waals surface area contributed by atoms with Crippen molar-refractivity contribution < 1.29 is 9.59 Å². The van der Waals surface area contributed by atoms with Crippen molar-refractivity contribution in [3.63, 3.8) is 0 Å². The number of aryl methyl sites for hydroxylation is 1. The lowest BCUT2D eigenvalue weighted by atomic mass is 10.1. The largest absolute Gasteiger partial charge is 0.338 e. The van der Waals surface area contributed by atoms with Gasteiger partial charge in [0.1, 0.15) is 6.04 Å². The van der Waals surface area contributed by atoms with Crippen LogP contribution in [0.25, 0.3) is 0 Å². The highest BCUT2D eigenvalue weighted by molar-refractivity contribution is 6.01. The van der Waals surface area contributed by atoms with Crippen LogP contribution in [-0.4, -0.2) is 60.4 Å². The summed E-state index contributed by atoms with van der Waals surface area (Å²) < 4.78 is 0. The van der Waals surface area contributed by atoms with Crippen LogP contribution in [-0.2, 0) is 16.0 Å². The smallest absolute Gasteiger partial charge is 0.245 e. The van der Waals surface area contributed by atoms with Gasteiger partial charge in [-0.25, -0.2) is 0 Å². The molecule has 0 N–H and O–H groups in total. The van der Waals surface area contributed by atoms with Gasteiger partial charge in [-0.1, -0.05) is 25.1 Å². The minimum absolute atomic E-state index is 0.0652. The van der Waals surface area contributed by atoms with Crippen LogP contribution in [0.5, 0.6) is 0 Å². The van der Waals surface area contributed by atoms with E-state index in [2.05, 4.69) is 17.9 Å². The van der Waals surface area contributed by atoms with E-state index in [0.717, 1.165) is 57.7 Å². The molecular weight excluding hydrogens is 314 g/mol. The molecule has 0 spiro atoms. The Morgan fingerprint density at radius 2 is 1.84 bits per heavy atom. The molecule has 5 nitrogen and oxygen atoms in total. The van der Waals surface area contributed by atoms with E-state index in [-0.39, 0.29) is 11.8 Å². The van der Waals surface area contributed by atoms with Crippen LogP contribution < -0.4 is 4.90 Å². The van der Waals surface area contributed by atoms with Crippen LogP contribution in [0.2, 0.25) is 0 Å². The van der Waals surface area contributed by atoms with E-state index in [1.54, 1.807) is 4.90 Å². The van der Waals surface area contributed by atoms with Crippen molar-refractivity contribution in [2.75, 3.05) is 37.6 Å². The summed E-state index contributed by atoms with van der Waals surface area (Å²) in [6.07, 6.45) is 3.40. The van der Waals surface area contributed by atoms with Crippen LogP contribution in [0.3, 0.4) is 0 Å². The highest BCUT2D eigenvalue weighted by Crippen LogP contribution is 2.29. The highest BCUT2D eigenvalue weighted by Gasteiger charge is 2.33. The summed E-state index contributed by atoms with van der Waals surface area (Å²) in [5, 5.41) is 0. The van der Waals surface area contributed by atoms with Crippen LogP contribution in [0.15, 0.2) is 24.3 Å². The molecule has 0 radical (unpaired) electrons. The van der Waals surface area contributed by atoms with Crippen LogP contribution in [0.1, 0.15) is 38.7 Å². The summed E-state index contributed by atoms with van der Waals surface area (Å²) in [4.78, 5) is 31.8. The van der Waals surface area contributed by atoms with Crippen LogP contribution in [0.4, 0.5) is 5.69 Å². The molecule has 136 valence electrons. The maximum Gasteiger partial charge on any atom is 0.245 e. The molecule has 0 bridgehead atoms. The van der Waals surface area contributed by atoms with E-state index < -0.39 is 6.04 Å². The number of amides is 2. The van der Waals surface area contributed by atoms with Gasteiger partial charge in [0.15, 0.2) is 0 Å². The number of rotatable bonds is 4. The van der Waals surface area contributed by atoms with Gasteiger partial charge in [0.2, 0.25) is 11.8 Å².